The first-order valence-corrected chi connectivity index (χ1v) is 12.9. The minimum atomic E-state index is -0.957. The largest absolute Gasteiger partial charge is 0.395 e. The summed E-state index contributed by atoms with van der Waals surface area (Å²) in [6, 6.07) is 14.0. The lowest BCUT2D eigenvalue weighted by atomic mass is 9.94. The van der Waals surface area contributed by atoms with Crippen LogP contribution in [0.25, 0.3) is 0 Å². The summed E-state index contributed by atoms with van der Waals surface area (Å²) in [5.74, 6) is -1.60. The molecule has 2 aromatic carbocycles. The van der Waals surface area contributed by atoms with Crippen LogP contribution in [0.15, 0.2) is 48.5 Å². The molecule has 0 aliphatic heterocycles. The van der Waals surface area contributed by atoms with E-state index in [2.05, 4.69) is 9.69 Å². The van der Waals surface area contributed by atoms with Gasteiger partial charge in [0.25, 0.3) is 11.8 Å². The molecular weight excluding hydrogens is 474 g/mol. The Labute approximate surface area is 214 Å². The Morgan fingerprint density at radius 1 is 0.972 bits per heavy atom. The number of carbonyl (C=O) groups excluding carboxylic acids is 3. The predicted octanol–water partition coefficient (Wildman–Crippen LogP) is 4.28. The van der Waals surface area contributed by atoms with Gasteiger partial charge in [0, 0.05) is 11.7 Å². The highest BCUT2D eigenvalue weighted by atomic mass is 32.1. The maximum absolute atomic E-state index is 14.0. The minimum Gasteiger partial charge on any atom is -0.395 e. The average molecular weight is 506 g/mol. The molecule has 1 aliphatic carbocycles. The zero-order chi connectivity index (χ0) is 25.8. The third kappa shape index (κ3) is 5.41. The molecule has 1 heterocycles. The van der Waals surface area contributed by atoms with Gasteiger partial charge in [-0.05, 0) is 55.9 Å². The fraction of sp³-hybridized carbons (Fsp3) is 0.333. The van der Waals surface area contributed by atoms with Crippen LogP contribution in [0.1, 0.15) is 75.0 Å². The number of nitrogens with zero attached hydrogens (tertiary/aromatic N) is 2. The van der Waals surface area contributed by atoms with E-state index in [4.69, 9.17) is 11.5 Å². The van der Waals surface area contributed by atoms with Gasteiger partial charge in [0.15, 0.2) is 5.69 Å². The number of nitrogens with one attached hydrogen (secondary N) is 1. The third-order valence-corrected chi connectivity index (χ3v) is 7.39. The molecule has 1 atom stereocenters. The van der Waals surface area contributed by atoms with E-state index < -0.39 is 17.9 Å². The average Bonchev–Trinajstić information content (AvgIpc) is 3.26. The van der Waals surface area contributed by atoms with E-state index in [0.717, 1.165) is 54.8 Å². The first-order chi connectivity index (χ1) is 17.3. The van der Waals surface area contributed by atoms with Crippen molar-refractivity contribution < 1.29 is 14.4 Å². The van der Waals surface area contributed by atoms with E-state index >= 15 is 0 Å². The molecular formula is C27H31N5O3S. The van der Waals surface area contributed by atoms with Gasteiger partial charge >= 0.3 is 0 Å². The number of carbonyl (C=O) groups is 3. The first kappa shape index (κ1) is 25.4. The molecule has 36 heavy (non-hydrogen) atoms. The first-order valence-electron chi connectivity index (χ1n) is 12.1. The van der Waals surface area contributed by atoms with Crippen LogP contribution in [-0.2, 0) is 4.79 Å². The summed E-state index contributed by atoms with van der Waals surface area (Å²) in [5, 5.41) is 3.19. The van der Waals surface area contributed by atoms with Gasteiger partial charge in [0.05, 0.1) is 5.69 Å². The normalized spacial score (nSPS) is 14.7. The molecule has 1 saturated carbocycles. The van der Waals surface area contributed by atoms with Gasteiger partial charge in [-0.1, -0.05) is 66.8 Å². The van der Waals surface area contributed by atoms with Crippen LogP contribution in [0.3, 0.4) is 0 Å². The van der Waals surface area contributed by atoms with Crippen molar-refractivity contribution in [3.63, 3.8) is 0 Å². The molecule has 8 nitrogen and oxygen atoms in total. The summed E-state index contributed by atoms with van der Waals surface area (Å²) in [4.78, 5) is 41.2. The van der Waals surface area contributed by atoms with E-state index in [1.54, 1.807) is 12.1 Å². The van der Waals surface area contributed by atoms with Crippen molar-refractivity contribution in [1.29, 1.82) is 0 Å². The Morgan fingerprint density at radius 3 is 2.11 bits per heavy atom. The Hall–Kier alpha value is -3.72. The second kappa shape index (κ2) is 10.9. The Balaban J connectivity index is 1.83. The number of anilines is 2. The Kier molecular flexibility index (Phi) is 7.69. The fourth-order valence-corrected chi connectivity index (χ4v) is 5.26. The molecule has 3 amide bonds. The molecule has 0 spiro atoms. The Morgan fingerprint density at radius 2 is 1.56 bits per heavy atom. The maximum Gasteiger partial charge on any atom is 0.273 e. The smallest absolute Gasteiger partial charge is 0.273 e. The van der Waals surface area contributed by atoms with Gasteiger partial charge in [0.2, 0.25) is 5.91 Å². The van der Waals surface area contributed by atoms with Crippen LogP contribution < -0.4 is 21.7 Å². The zero-order valence-electron chi connectivity index (χ0n) is 20.5. The number of nitrogens with two attached hydrogens (primary N) is 2. The number of benzene rings is 2. The monoisotopic (exact) mass is 505 g/mol. The number of nitrogen functional groups attached to an aromatic ring is 1. The summed E-state index contributed by atoms with van der Waals surface area (Å²) in [5.41, 5.74) is 14.5. The van der Waals surface area contributed by atoms with Crippen molar-refractivity contribution >= 4 is 40.6 Å². The highest BCUT2D eigenvalue weighted by Gasteiger charge is 2.36. The van der Waals surface area contributed by atoms with Crippen molar-refractivity contribution in [3.05, 3.63) is 75.8 Å². The van der Waals surface area contributed by atoms with E-state index in [1.165, 1.54) is 4.90 Å². The number of amides is 3. The molecule has 0 radical (unpaired) electrons. The lowest BCUT2D eigenvalue weighted by molar-refractivity contribution is -0.123. The number of primary amides is 1. The number of aryl methyl sites for hydroxylation is 2. The van der Waals surface area contributed by atoms with Crippen molar-refractivity contribution in [2.75, 3.05) is 10.6 Å². The molecule has 3 aromatic rings. The van der Waals surface area contributed by atoms with Crippen LogP contribution in [0.4, 0.5) is 11.4 Å². The number of rotatable bonds is 7. The molecule has 0 saturated heterocycles. The second-order valence-electron chi connectivity index (χ2n) is 9.31. The van der Waals surface area contributed by atoms with Crippen molar-refractivity contribution in [1.82, 2.24) is 9.69 Å². The van der Waals surface area contributed by atoms with Crippen molar-refractivity contribution in [2.45, 2.75) is 58.0 Å². The second-order valence-corrected chi connectivity index (χ2v) is 10.1. The number of hydrogen-bond donors (Lipinski definition) is 3. The fourth-order valence-electron chi connectivity index (χ4n) is 4.52. The molecule has 9 heteroatoms. The number of hydrogen-bond acceptors (Lipinski definition) is 6. The molecule has 4 rings (SSSR count). The van der Waals surface area contributed by atoms with Crippen LogP contribution in [0.2, 0.25) is 0 Å². The number of aromatic nitrogens is 1. The van der Waals surface area contributed by atoms with Gasteiger partial charge in [-0.15, -0.1) is 0 Å². The van der Waals surface area contributed by atoms with Gasteiger partial charge in [-0.3, -0.25) is 19.3 Å². The van der Waals surface area contributed by atoms with E-state index in [0.29, 0.717) is 11.3 Å². The predicted molar refractivity (Wildman–Crippen MR) is 142 cm³/mol. The van der Waals surface area contributed by atoms with Crippen LogP contribution in [0.5, 0.6) is 0 Å². The van der Waals surface area contributed by atoms with Crippen molar-refractivity contribution in [3.8, 4) is 0 Å². The molecule has 0 unspecified atom stereocenters. The highest BCUT2D eigenvalue weighted by molar-refractivity contribution is 7.09. The van der Waals surface area contributed by atoms with Crippen LogP contribution in [-0.4, -0.2) is 28.1 Å². The lowest BCUT2D eigenvalue weighted by Crippen LogP contribution is -2.47. The molecule has 188 valence electrons. The summed E-state index contributed by atoms with van der Waals surface area (Å²) in [6.45, 7) is 3.91. The van der Waals surface area contributed by atoms with Gasteiger partial charge < -0.3 is 16.8 Å². The van der Waals surface area contributed by atoms with Crippen LogP contribution >= 0.6 is 11.5 Å². The SMILES string of the molecule is Cc1ccc([C@@H](C(=O)NC2CCCCC2)N(C(=O)c2snc(C(N)=O)c2N)c2ccc(C)cc2)cc1. The third-order valence-electron chi connectivity index (χ3n) is 6.54. The molecule has 1 aromatic heterocycles. The summed E-state index contributed by atoms with van der Waals surface area (Å²) >= 11 is 0.802. The lowest BCUT2D eigenvalue weighted by Gasteiger charge is -2.33. The van der Waals surface area contributed by atoms with E-state index in [-0.39, 0.29) is 28.2 Å². The van der Waals surface area contributed by atoms with Gasteiger partial charge in [-0.25, -0.2) is 0 Å². The maximum atomic E-state index is 14.0. The van der Waals surface area contributed by atoms with Crippen molar-refractivity contribution in [2.24, 2.45) is 5.73 Å². The molecule has 1 fully saturated rings. The molecule has 5 N–H and O–H groups in total. The summed E-state index contributed by atoms with van der Waals surface area (Å²) in [6.07, 6.45) is 5.11. The summed E-state index contributed by atoms with van der Waals surface area (Å²) in [7, 11) is 0. The van der Waals surface area contributed by atoms with E-state index in [1.807, 2.05) is 50.2 Å². The summed E-state index contributed by atoms with van der Waals surface area (Å²) < 4.78 is 4.00. The Bertz CT molecular complexity index is 1250. The van der Waals surface area contributed by atoms with E-state index in [9.17, 15) is 14.4 Å². The zero-order valence-corrected chi connectivity index (χ0v) is 21.3. The van der Waals surface area contributed by atoms with Crippen LogP contribution in [0, 0.1) is 13.8 Å². The standard InChI is InChI=1S/C27H31N5O3S/c1-16-8-12-18(13-9-16)23(26(34)30-19-6-4-3-5-7-19)32(20-14-10-17(2)11-15-20)27(35)24-21(28)22(25(29)33)31-36-24/h8-15,19,23H,3-7,28H2,1-2H3,(H2,29,33)(H,30,34)/t23-/m0/s1. The minimum absolute atomic E-state index is 0.0594. The van der Waals surface area contributed by atoms with Gasteiger partial charge in [0.1, 0.15) is 10.9 Å². The molecule has 1 aliphatic rings. The quantitative estimate of drug-likeness (QED) is 0.441. The highest BCUT2D eigenvalue weighted by Crippen LogP contribution is 2.34. The topological polar surface area (TPSA) is 131 Å². The molecule has 0 bridgehead atoms. The van der Waals surface area contributed by atoms with Gasteiger partial charge in [-0.2, -0.15) is 4.37 Å².